The lowest BCUT2D eigenvalue weighted by Crippen LogP contribution is -2.53. The fraction of sp³-hybridized carbons (Fsp3) is 0.516. The van der Waals surface area contributed by atoms with E-state index in [9.17, 15) is 18.8 Å². The van der Waals surface area contributed by atoms with Crippen LogP contribution in [0.15, 0.2) is 46.0 Å². The summed E-state index contributed by atoms with van der Waals surface area (Å²) in [6.45, 7) is 4.08. The molecule has 4 aliphatic rings. The molecule has 1 aromatic heterocycles. The maximum Gasteiger partial charge on any atom is 0.338 e. The number of aromatic nitrogens is 1. The van der Waals surface area contributed by atoms with Gasteiger partial charge < -0.3 is 29.3 Å². The van der Waals surface area contributed by atoms with Crippen molar-refractivity contribution in [3.8, 4) is 0 Å². The Bertz CT molecular complexity index is 1580. The van der Waals surface area contributed by atoms with Crippen molar-refractivity contribution in [2.75, 3.05) is 73.7 Å². The SMILES string of the molecule is COCCN1C[C@@H](N2CC3CN(CC4=C(C(=O)OC)C(c5ccc(F)cc5Cl)N=C(c5nccs5)N4)CCN3C2=O)C[C@@H]1C(=O)OC. The highest BCUT2D eigenvalue weighted by Gasteiger charge is 2.48. The molecule has 1 aromatic carbocycles. The maximum absolute atomic E-state index is 14.0. The predicted octanol–water partition coefficient (Wildman–Crippen LogP) is 2.14. The minimum Gasteiger partial charge on any atom is -0.468 e. The highest BCUT2D eigenvalue weighted by molar-refractivity contribution is 7.11. The van der Waals surface area contributed by atoms with E-state index in [4.69, 9.17) is 30.8 Å². The van der Waals surface area contributed by atoms with Crippen LogP contribution in [0.1, 0.15) is 23.0 Å². The van der Waals surface area contributed by atoms with Gasteiger partial charge in [0, 0.05) is 86.8 Å². The Morgan fingerprint density at radius 2 is 1.94 bits per heavy atom. The number of carbonyl (C=O) groups excluding carboxylic acids is 3. The van der Waals surface area contributed by atoms with Crippen molar-refractivity contribution in [2.24, 2.45) is 4.99 Å². The molecule has 6 rings (SSSR count). The van der Waals surface area contributed by atoms with E-state index in [1.807, 2.05) is 20.1 Å². The van der Waals surface area contributed by atoms with Crippen LogP contribution in [0.5, 0.6) is 0 Å². The first-order valence-corrected chi connectivity index (χ1v) is 16.6. The molecule has 13 nitrogen and oxygen atoms in total. The van der Waals surface area contributed by atoms with Gasteiger partial charge in [-0.2, -0.15) is 0 Å². The molecule has 4 atom stereocenters. The molecule has 3 fully saturated rings. The average molecular weight is 690 g/mol. The van der Waals surface area contributed by atoms with Gasteiger partial charge >= 0.3 is 18.0 Å². The van der Waals surface area contributed by atoms with Crippen molar-refractivity contribution < 1.29 is 33.0 Å². The van der Waals surface area contributed by atoms with Gasteiger partial charge in [-0.15, -0.1) is 11.3 Å². The van der Waals surface area contributed by atoms with Crippen LogP contribution < -0.4 is 5.32 Å². The monoisotopic (exact) mass is 689 g/mol. The first kappa shape index (κ1) is 33.3. The van der Waals surface area contributed by atoms with Crippen molar-refractivity contribution >= 4 is 46.7 Å². The van der Waals surface area contributed by atoms with Gasteiger partial charge in [0.05, 0.1) is 32.4 Å². The molecule has 252 valence electrons. The van der Waals surface area contributed by atoms with Gasteiger partial charge in [0.25, 0.3) is 0 Å². The third-order valence-corrected chi connectivity index (χ3v) is 10.3. The molecule has 16 heteroatoms. The quantitative estimate of drug-likeness (QED) is 0.371. The largest absolute Gasteiger partial charge is 0.468 e. The number of urea groups is 1. The number of thiazole rings is 1. The van der Waals surface area contributed by atoms with Gasteiger partial charge in [-0.05, 0) is 18.6 Å². The summed E-state index contributed by atoms with van der Waals surface area (Å²) >= 11 is 7.88. The van der Waals surface area contributed by atoms with E-state index in [0.29, 0.717) is 80.9 Å². The standard InChI is InChI=1S/C31H37ClFN7O6S/c1-44-10-9-38-15-19(13-24(38)29(41)45-2)40-16-20-14-37(7-8-39(20)31(40)43)17-23-25(30(42)46-3)26(21-5-4-18(33)12-22(21)32)36-27(35-23)28-34-6-11-47-28/h4-6,11-12,19-20,24,26H,7-10,13-17H2,1-3H3,(H,35,36)/t19-,20?,24+,26?/m0/s1. The normalized spacial score (nSPS) is 25.1. The Hall–Kier alpha value is -3.63. The molecule has 0 spiro atoms. The third-order valence-electron chi connectivity index (χ3n) is 9.15. The predicted molar refractivity (Wildman–Crippen MR) is 172 cm³/mol. The second-order valence-electron chi connectivity index (χ2n) is 11.8. The molecule has 0 bridgehead atoms. The van der Waals surface area contributed by atoms with Crippen LogP contribution in [-0.2, 0) is 23.8 Å². The van der Waals surface area contributed by atoms with Crippen molar-refractivity contribution in [2.45, 2.75) is 30.6 Å². The first-order valence-electron chi connectivity index (χ1n) is 15.3. The fourth-order valence-electron chi connectivity index (χ4n) is 6.88. The number of rotatable bonds is 10. The summed E-state index contributed by atoms with van der Waals surface area (Å²) in [5.74, 6) is -0.928. The number of nitrogens with zero attached hydrogens (tertiary/aromatic N) is 6. The number of benzene rings is 1. The van der Waals surface area contributed by atoms with E-state index < -0.39 is 23.9 Å². The Labute approximate surface area is 280 Å². The summed E-state index contributed by atoms with van der Waals surface area (Å²) in [7, 11) is 4.30. The molecule has 0 aliphatic carbocycles. The van der Waals surface area contributed by atoms with Crippen molar-refractivity contribution in [3.63, 3.8) is 0 Å². The summed E-state index contributed by atoms with van der Waals surface area (Å²) in [6, 6.07) is 2.47. The second-order valence-corrected chi connectivity index (χ2v) is 13.1. The number of nitrogens with one attached hydrogen (secondary N) is 1. The van der Waals surface area contributed by atoms with Gasteiger partial charge in [0.15, 0.2) is 10.8 Å². The van der Waals surface area contributed by atoms with Crippen LogP contribution in [0.2, 0.25) is 5.02 Å². The number of ether oxygens (including phenoxy) is 3. The third kappa shape index (κ3) is 6.72. The van der Waals surface area contributed by atoms with Crippen molar-refractivity contribution in [3.05, 3.63) is 62.5 Å². The van der Waals surface area contributed by atoms with Gasteiger partial charge in [-0.25, -0.2) is 19.0 Å². The highest BCUT2D eigenvalue weighted by atomic mass is 35.5. The molecule has 1 N–H and O–H groups in total. The molecule has 2 amide bonds. The molecular formula is C31H37ClFN7O6S. The Morgan fingerprint density at radius 3 is 2.64 bits per heavy atom. The molecule has 0 radical (unpaired) electrons. The number of aliphatic imine (C=N–C) groups is 1. The summed E-state index contributed by atoms with van der Waals surface area (Å²) in [6.07, 6.45) is 2.16. The van der Waals surface area contributed by atoms with Crippen molar-refractivity contribution in [1.29, 1.82) is 0 Å². The van der Waals surface area contributed by atoms with Crippen LogP contribution in [-0.4, -0.2) is 140 Å². The van der Waals surface area contributed by atoms with E-state index in [2.05, 4.69) is 15.2 Å². The number of methoxy groups -OCH3 is 3. The summed E-state index contributed by atoms with van der Waals surface area (Å²) < 4.78 is 29.5. The van der Waals surface area contributed by atoms with E-state index in [1.165, 1.54) is 43.8 Å². The second kappa shape index (κ2) is 14.2. The number of amidine groups is 1. The topological polar surface area (TPSA) is 129 Å². The first-order chi connectivity index (χ1) is 22.7. The Morgan fingerprint density at radius 1 is 1.11 bits per heavy atom. The van der Waals surface area contributed by atoms with E-state index >= 15 is 0 Å². The van der Waals surface area contributed by atoms with Crippen LogP contribution in [0.4, 0.5) is 9.18 Å². The fourth-order valence-corrected chi connectivity index (χ4v) is 7.74. The van der Waals surface area contributed by atoms with Gasteiger partial charge in [0.2, 0.25) is 0 Å². The minimum absolute atomic E-state index is 0.0358. The van der Waals surface area contributed by atoms with Crippen LogP contribution in [0.3, 0.4) is 0 Å². The summed E-state index contributed by atoms with van der Waals surface area (Å²) in [4.78, 5) is 56.7. The molecular weight excluding hydrogens is 653 g/mol. The number of piperazine rings is 1. The highest BCUT2D eigenvalue weighted by Crippen LogP contribution is 2.37. The van der Waals surface area contributed by atoms with Crippen LogP contribution in [0, 0.1) is 5.82 Å². The van der Waals surface area contributed by atoms with E-state index in [1.54, 1.807) is 13.3 Å². The number of amides is 2. The number of hydrogen-bond acceptors (Lipinski definition) is 12. The maximum atomic E-state index is 14.0. The molecule has 5 heterocycles. The van der Waals surface area contributed by atoms with Gasteiger partial charge in [-0.1, -0.05) is 17.7 Å². The van der Waals surface area contributed by atoms with Gasteiger partial charge in [-0.3, -0.25) is 19.6 Å². The van der Waals surface area contributed by atoms with E-state index in [-0.39, 0.29) is 34.7 Å². The Balaban J connectivity index is 1.23. The molecule has 0 saturated carbocycles. The van der Waals surface area contributed by atoms with Crippen LogP contribution >= 0.6 is 22.9 Å². The zero-order chi connectivity index (χ0) is 33.2. The number of esters is 2. The van der Waals surface area contributed by atoms with Crippen LogP contribution in [0.25, 0.3) is 0 Å². The molecule has 4 aliphatic heterocycles. The minimum atomic E-state index is -0.860. The molecule has 3 saturated heterocycles. The number of halogens is 2. The number of likely N-dealkylation sites (tertiary alicyclic amines) is 1. The molecule has 47 heavy (non-hydrogen) atoms. The summed E-state index contributed by atoms with van der Waals surface area (Å²) in [5.41, 5.74) is 1.30. The molecule has 2 aromatic rings. The zero-order valence-corrected chi connectivity index (χ0v) is 27.9. The Kier molecular flexibility index (Phi) is 10.1. The van der Waals surface area contributed by atoms with Crippen molar-refractivity contribution in [1.82, 2.24) is 29.9 Å². The average Bonchev–Trinajstić information content (AvgIpc) is 3.82. The van der Waals surface area contributed by atoms with Gasteiger partial charge in [0.1, 0.15) is 17.9 Å². The lowest BCUT2D eigenvalue weighted by molar-refractivity contribution is -0.146. The number of carbonyl (C=O) groups is 3. The number of fused-ring (bicyclic) bond motifs is 1. The lowest BCUT2D eigenvalue weighted by atomic mass is 9.95. The zero-order valence-electron chi connectivity index (χ0n) is 26.4. The van der Waals surface area contributed by atoms with E-state index in [0.717, 1.165) is 0 Å². The summed E-state index contributed by atoms with van der Waals surface area (Å²) in [5, 5.41) is 5.92. The lowest BCUT2D eigenvalue weighted by Gasteiger charge is -2.38. The number of hydrogen-bond donors (Lipinski definition) is 1. The smallest absolute Gasteiger partial charge is 0.338 e. The molecule has 2 unspecified atom stereocenters.